The topological polar surface area (TPSA) is 91.7 Å². The Labute approximate surface area is 134 Å². The molecule has 0 fully saturated rings. The number of hydrogen-bond donors (Lipinski definition) is 0. The monoisotopic (exact) mass is 308 g/mol. The number of carbonyl (C=O) groups is 1. The minimum Gasteiger partial charge on any atom is -0.456 e. The highest BCUT2D eigenvalue weighted by Gasteiger charge is 2.17. The molecule has 0 amide bonds. The van der Waals surface area contributed by atoms with Gasteiger partial charge >= 0.3 is 5.97 Å². The first kappa shape index (κ1) is 16.3. The van der Waals surface area contributed by atoms with Gasteiger partial charge in [0.25, 0.3) is 0 Å². The predicted octanol–water partition coefficient (Wildman–Crippen LogP) is 2.63. The van der Waals surface area contributed by atoms with Gasteiger partial charge in [-0.15, -0.1) is 0 Å². The second-order valence-electron chi connectivity index (χ2n) is 5.99. The van der Waals surface area contributed by atoms with E-state index in [9.17, 15) is 4.79 Å². The van der Waals surface area contributed by atoms with Crippen LogP contribution in [0.25, 0.3) is 0 Å². The first-order valence-electron chi connectivity index (χ1n) is 7.01. The molecule has 0 aliphatic heterocycles. The van der Waals surface area contributed by atoms with Crippen molar-refractivity contribution in [2.45, 2.75) is 32.9 Å². The van der Waals surface area contributed by atoms with Crippen molar-refractivity contribution in [2.75, 3.05) is 0 Å². The molecular formula is C17H16N4O2. The molecule has 0 unspecified atom stereocenters. The second-order valence-corrected chi connectivity index (χ2v) is 5.99. The van der Waals surface area contributed by atoms with Crippen molar-refractivity contribution in [2.24, 2.45) is 0 Å². The van der Waals surface area contributed by atoms with E-state index in [1.54, 1.807) is 28.8 Å². The molecule has 0 aliphatic carbocycles. The maximum absolute atomic E-state index is 12.0. The van der Waals surface area contributed by atoms with E-state index in [0.29, 0.717) is 12.1 Å². The van der Waals surface area contributed by atoms with Gasteiger partial charge in [0.1, 0.15) is 17.7 Å². The van der Waals surface area contributed by atoms with Gasteiger partial charge in [0, 0.05) is 6.54 Å². The molecule has 6 heteroatoms. The zero-order chi connectivity index (χ0) is 17.0. The van der Waals surface area contributed by atoms with Crippen LogP contribution < -0.4 is 0 Å². The molecule has 0 bridgehead atoms. The van der Waals surface area contributed by atoms with Crippen LogP contribution in [0.4, 0.5) is 0 Å². The summed E-state index contributed by atoms with van der Waals surface area (Å²) in [6.45, 7) is 5.84. The Morgan fingerprint density at radius 3 is 2.39 bits per heavy atom. The van der Waals surface area contributed by atoms with Crippen molar-refractivity contribution >= 4 is 5.97 Å². The average molecular weight is 308 g/mol. The van der Waals surface area contributed by atoms with E-state index in [1.165, 1.54) is 6.33 Å². The Kier molecular flexibility index (Phi) is 4.47. The van der Waals surface area contributed by atoms with Crippen LogP contribution in [0.3, 0.4) is 0 Å². The molecule has 1 aromatic carbocycles. The van der Waals surface area contributed by atoms with Crippen molar-refractivity contribution in [3.05, 3.63) is 53.1 Å². The van der Waals surface area contributed by atoms with Crippen LogP contribution in [0.2, 0.25) is 0 Å². The molecule has 116 valence electrons. The molecule has 2 aromatic rings. The van der Waals surface area contributed by atoms with E-state index < -0.39 is 5.60 Å². The highest BCUT2D eigenvalue weighted by atomic mass is 16.6. The van der Waals surface area contributed by atoms with Gasteiger partial charge in [0.15, 0.2) is 11.4 Å². The highest BCUT2D eigenvalue weighted by molar-refractivity contribution is 5.89. The number of imidazole rings is 1. The fraction of sp³-hybridized carbons (Fsp3) is 0.294. The predicted molar refractivity (Wildman–Crippen MR) is 82.4 cm³/mol. The highest BCUT2D eigenvalue weighted by Crippen LogP contribution is 2.14. The van der Waals surface area contributed by atoms with Crippen LogP contribution in [0.15, 0.2) is 30.6 Å². The molecule has 1 aromatic heterocycles. The molecule has 1 heterocycles. The molecule has 0 atom stereocenters. The number of benzene rings is 1. The number of rotatable bonds is 3. The van der Waals surface area contributed by atoms with Crippen molar-refractivity contribution in [1.82, 2.24) is 9.55 Å². The van der Waals surface area contributed by atoms with Gasteiger partial charge in [0.2, 0.25) is 0 Å². The third-order valence-corrected chi connectivity index (χ3v) is 2.99. The van der Waals surface area contributed by atoms with E-state index in [-0.39, 0.29) is 17.4 Å². The first-order chi connectivity index (χ1) is 10.8. The second kappa shape index (κ2) is 6.33. The molecule has 0 spiro atoms. The number of nitriles is 2. The van der Waals surface area contributed by atoms with Gasteiger partial charge in [-0.25, -0.2) is 9.78 Å². The van der Waals surface area contributed by atoms with Gasteiger partial charge < -0.3 is 9.30 Å². The van der Waals surface area contributed by atoms with Crippen molar-refractivity contribution in [3.63, 3.8) is 0 Å². The van der Waals surface area contributed by atoms with Crippen LogP contribution in [-0.2, 0) is 11.3 Å². The van der Waals surface area contributed by atoms with E-state index in [0.717, 1.165) is 5.56 Å². The maximum Gasteiger partial charge on any atom is 0.338 e. The van der Waals surface area contributed by atoms with Gasteiger partial charge in [-0.1, -0.05) is 12.1 Å². The summed E-state index contributed by atoms with van der Waals surface area (Å²) < 4.78 is 6.90. The van der Waals surface area contributed by atoms with Crippen molar-refractivity contribution < 1.29 is 9.53 Å². The Bertz CT molecular complexity index is 799. The summed E-state index contributed by atoms with van der Waals surface area (Å²) in [6.07, 6.45) is 1.46. The van der Waals surface area contributed by atoms with Crippen LogP contribution in [0.5, 0.6) is 0 Å². The Morgan fingerprint density at radius 1 is 1.22 bits per heavy atom. The van der Waals surface area contributed by atoms with Crippen LogP contribution in [0.1, 0.15) is 48.1 Å². The lowest BCUT2D eigenvalue weighted by molar-refractivity contribution is 0.00695. The van der Waals surface area contributed by atoms with Crippen LogP contribution in [0, 0.1) is 22.7 Å². The number of aromatic nitrogens is 2. The minimum atomic E-state index is -0.540. The van der Waals surface area contributed by atoms with E-state index in [4.69, 9.17) is 15.3 Å². The molecule has 0 aliphatic rings. The van der Waals surface area contributed by atoms with Gasteiger partial charge in [0.05, 0.1) is 11.9 Å². The summed E-state index contributed by atoms with van der Waals surface area (Å²) in [5.41, 5.74) is 1.15. The summed E-state index contributed by atoms with van der Waals surface area (Å²) in [7, 11) is 0. The Balaban J connectivity index is 2.15. The summed E-state index contributed by atoms with van der Waals surface area (Å²) in [5, 5.41) is 18.0. The van der Waals surface area contributed by atoms with Crippen molar-refractivity contribution in [1.29, 1.82) is 10.5 Å². The lowest BCUT2D eigenvalue weighted by Crippen LogP contribution is -2.23. The molecular weight excluding hydrogens is 292 g/mol. The molecule has 23 heavy (non-hydrogen) atoms. The van der Waals surface area contributed by atoms with Gasteiger partial charge in [-0.2, -0.15) is 10.5 Å². The van der Waals surface area contributed by atoms with E-state index in [2.05, 4.69) is 4.98 Å². The fourth-order valence-electron chi connectivity index (χ4n) is 1.98. The Hall–Kier alpha value is -3.12. The van der Waals surface area contributed by atoms with Crippen molar-refractivity contribution in [3.8, 4) is 12.1 Å². The summed E-state index contributed by atoms with van der Waals surface area (Å²) in [5.74, 6) is -0.379. The third-order valence-electron chi connectivity index (χ3n) is 2.99. The van der Waals surface area contributed by atoms with Crippen LogP contribution >= 0.6 is 0 Å². The molecule has 0 saturated heterocycles. The zero-order valence-electron chi connectivity index (χ0n) is 13.2. The average Bonchev–Trinajstić information content (AvgIpc) is 2.88. The zero-order valence-corrected chi connectivity index (χ0v) is 13.2. The summed E-state index contributed by atoms with van der Waals surface area (Å²) >= 11 is 0. The lowest BCUT2D eigenvalue weighted by atomic mass is 10.1. The molecule has 6 nitrogen and oxygen atoms in total. The number of carbonyl (C=O) groups excluding carboxylic acids is 1. The Morgan fingerprint density at radius 2 is 1.87 bits per heavy atom. The van der Waals surface area contributed by atoms with Crippen LogP contribution in [-0.4, -0.2) is 21.1 Å². The summed E-state index contributed by atoms with van der Waals surface area (Å²) in [4.78, 5) is 15.8. The molecule has 0 radical (unpaired) electrons. The van der Waals surface area contributed by atoms with Gasteiger partial charge in [-0.3, -0.25) is 0 Å². The lowest BCUT2D eigenvalue weighted by Gasteiger charge is -2.19. The number of hydrogen-bond acceptors (Lipinski definition) is 5. The normalized spacial score (nSPS) is 10.7. The standard InChI is InChI=1S/C17H16N4O2/c1-17(2,3)23-16(22)13-6-4-12(5-7-13)10-21-11-20-14(8-18)15(21)9-19/h4-7,11H,10H2,1-3H3. The number of ether oxygens (including phenoxy) is 1. The molecule has 2 rings (SSSR count). The fourth-order valence-corrected chi connectivity index (χ4v) is 1.98. The van der Waals surface area contributed by atoms with E-state index >= 15 is 0 Å². The quantitative estimate of drug-likeness (QED) is 0.813. The van der Waals surface area contributed by atoms with Gasteiger partial charge in [-0.05, 0) is 38.5 Å². The molecule has 0 saturated carbocycles. The maximum atomic E-state index is 12.0. The minimum absolute atomic E-state index is 0.109. The van der Waals surface area contributed by atoms with E-state index in [1.807, 2.05) is 32.9 Å². The number of esters is 1. The SMILES string of the molecule is CC(C)(C)OC(=O)c1ccc(Cn2cnc(C#N)c2C#N)cc1. The third kappa shape index (κ3) is 3.96. The summed E-state index contributed by atoms with van der Waals surface area (Å²) in [6, 6.07) is 10.8. The first-order valence-corrected chi connectivity index (χ1v) is 7.01. The largest absolute Gasteiger partial charge is 0.456 e. The smallest absolute Gasteiger partial charge is 0.338 e. The molecule has 0 N–H and O–H groups in total. The number of nitrogens with zero attached hydrogens (tertiary/aromatic N) is 4.